The number of sulfone groups is 1. The third-order valence-corrected chi connectivity index (χ3v) is 10.1. The monoisotopic (exact) mass is 816 g/mol. The number of carbonyl (C=O) groups is 1. The largest absolute Gasteiger partial charge is 0.478 e. The van der Waals surface area contributed by atoms with Crippen LogP contribution in [0.5, 0.6) is 0 Å². The van der Waals surface area contributed by atoms with E-state index in [1.807, 2.05) is 0 Å². The number of hydrogen-bond acceptors (Lipinski definition) is 21. The molecule has 0 aliphatic carbocycles. The maximum atomic E-state index is 12.4. The number of aromatic carboxylic acids is 1. The van der Waals surface area contributed by atoms with Gasteiger partial charge in [0, 0.05) is 4.90 Å². The summed E-state index contributed by atoms with van der Waals surface area (Å²) in [6.45, 7) is -1.15. The molecular formula is C23H24N6O17S5. The lowest BCUT2D eigenvalue weighted by atomic mass is 10.1. The Morgan fingerprint density at radius 3 is 2.16 bits per heavy atom. The molecule has 0 radical (unpaired) electrons. The Morgan fingerprint density at radius 1 is 0.882 bits per heavy atom. The molecule has 0 aromatic heterocycles. The summed E-state index contributed by atoms with van der Waals surface area (Å²) in [7, 11) is -13.8. The van der Waals surface area contributed by atoms with E-state index in [4.69, 9.17) is 30.5 Å². The molecule has 3 aromatic rings. The Kier molecular flexibility index (Phi) is 14.6. The molecule has 3 rings (SSSR count). The Bertz CT molecular complexity index is 2160. The minimum atomic E-state index is -4.96. The van der Waals surface area contributed by atoms with Gasteiger partial charge in [0.1, 0.15) is 22.0 Å². The van der Waals surface area contributed by atoms with Gasteiger partial charge in [-0.15, -0.1) is 19.7 Å². The molecule has 0 saturated heterocycles. The standard InChI is InChI=1S/C23H24N6O17S5/c24-17-12-16(23(30)31)21(20(25)22(17)29-26-13-1-4-15(5-2-13)49(34,35)10-8-43-51(39,40)41)28-27-18-6-3-14(11-19(18)50(36,37)38)47-45-42-7-9-48(33)46-44-32/h1-6,11-12,32H,7-10,24-25H2,(H,30,31)(H,36,37,38)(H,39,40,41). The van der Waals surface area contributed by atoms with E-state index in [0.29, 0.717) is 12.0 Å². The third-order valence-electron chi connectivity index (χ3n) is 5.70. The molecule has 8 N–H and O–H groups in total. The molecule has 1 unspecified atom stereocenters. The van der Waals surface area contributed by atoms with Crippen molar-refractivity contribution in [3.05, 3.63) is 54.1 Å². The van der Waals surface area contributed by atoms with Crippen molar-refractivity contribution >= 4 is 93.6 Å². The summed E-state index contributed by atoms with van der Waals surface area (Å²) in [6.07, 6.45) is 0. The van der Waals surface area contributed by atoms with Crippen molar-refractivity contribution in [1.29, 1.82) is 0 Å². The van der Waals surface area contributed by atoms with Gasteiger partial charge in [-0.25, -0.2) is 31.7 Å². The molecule has 0 aliphatic heterocycles. The maximum absolute atomic E-state index is 12.4. The highest BCUT2D eigenvalue weighted by Crippen LogP contribution is 2.42. The van der Waals surface area contributed by atoms with Crippen LogP contribution in [0.2, 0.25) is 0 Å². The minimum absolute atomic E-state index is 0.0513. The van der Waals surface area contributed by atoms with Crippen molar-refractivity contribution < 1.29 is 76.5 Å². The quantitative estimate of drug-likeness (QED) is 0.0192. The van der Waals surface area contributed by atoms with Gasteiger partial charge in [0.25, 0.3) is 10.1 Å². The summed E-state index contributed by atoms with van der Waals surface area (Å²) in [5, 5.41) is 36.3. The molecular weight excluding hydrogens is 793 g/mol. The van der Waals surface area contributed by atoms with Crippen LogP contribution in [-0.4, -0.2) is 79.6 Å². The summed E-state index contributed by atoms with van der Waals surface area (Å²) in [5.41, 5.74) is 9.47. The lowest BCUT2D eigenvalue weighted by molar-refractivity contribution is -0.435. The molecule has 23 nitrogen and oxygen atoms in total. The number of hydrogen-bond donors (Lipinski definition) is 6. The summed E-state index contributed by atoms with van der Waals surface area (Å²) in [4.78, 5) is 15.7. The van der Waals surface area contributed by atoms with E-state index >= 15 is 0 Å². The fourth-order valence-corrected chi connectivity index (χ4v) is 6.53. The first-order valence-electron chi connectivity index (χ1n) is 13.0. The first kappa shape index (κ1) is 41.4. The van der Waals surface area contributed by atoms with Crippen molar-refractivity contribution in [2.45, 2.75) is 14.7 Å². The summed E-state index contributed by atoms with van der Waals surface area (Å²) >= 11 is -1.58. The number of nitrogens with two attached hydrogens (primary N) is 2. The molecule has 3 aromatic carbocycles. The molecule has 0 spiro atoms. The van der Waals surface area contributed by atoms with Crippen molar-refractivity contribution in [3.63, 3.8) is 0 Å². The van der Waals surface area contributed by atoms with Crippen molar-refractivity contribution in [1.82, 2.24) is 0 Å². The van der Waals surface area contributed by atoms with E-state index in [9.17, 15) is 43.9 Å². The van der Waals surface area contributed by atoms with E-state index in [1.165, 1.54) is 18.2 Å². The lowest BCUT2D eigenvalue weighted by Gasteiger charge is -2.10. The molecule has 1 atom stereocenters. The van der Waals surface area contributed by atoms with Gasteiger partial charge in [0.05, 0.1) is 64.3 Å². The van der Waals surface area contributed by atoms with Crippen LogP contribution in [-0.2, 0) is 64.2 Å². The predicted octanol–water partition coefficient (Wildman–Crippen LogP) is 3.26. The molecule has 0 fully saturated rings. The van der Waals surface area contributed by atoms with Crippen molar-refractivity contribution in [2.24, 2.45) is 20.5 Å². The van der Waals surface area contributed by atoms with E-state index in [0.717, 1.165) is 30.3 Å². The summed E-state index contributed by atoms with van der Waals surface area (Å²) in [5.74, 6) is -2.63. The van der Waals surface area contributed by atoms with E-state index < -0.39 is 87.3 Å². The highest BCUT2D eigenvalue weighted by Gasteiger charge is 2.22. The zero-order valence-corrected chi connectivity index (χ0v) is 29.1. The molecule has 28 heteroatoms. The average Bonchev–Trinajstić information content (AvgIpc) is 3.03. The second kappa shape index (κ2) is 17.9. The predicted molar refractivity (Wildman–Crippen MR) is 174 cm³/mol. The number of anilines is 2. The van der Waals surface area contributed by atoms with Crippen molar-refractivity contribution in [2.75, 3.05) is 36.2 Å². The maximum Gasteiger partial charge on any atom is 0.397 e. The number of carboxylic acids is 1. The number of carboxylic acid groups (broad SMARTS) is 1. The minimum Gasteiger partial charge on any atom is -0.478 e. The Hall–Kier alpha value is -4.04. The zero-order chi connectivity index (χ0) is 38.0. The zero-order valence-electron chi connectivity index (χ0n) is 25.0. The SMILES string of the molecule is Nc1cc(C(=O)O)c(N=Nc2ccc(SOOCCS(=O)OOO)cc2S(=O)(=O)O)c(N)c1N=Nc1ccc(S(=O)(=O)CCOS(=O)(=O)O)cc1. The molecule has 278 valence electrons. The van der Waals surface area contributed by atoms with Crippen LogP contribution in [0, 0.1) is 0 Å². The van der Waals surface area contributed by atoms with Crippen LogP contribution in [0.1, 0.15) is 10.4 Å². The molecule has 0 saturated carbocycles. The highest BCUT2D eigenvalue weighted by atomic mass is 32.3. The number of nitrogens with zero attached hydrogens (tertiary/aromatic N) is 4. The topological polar surface area (TPSA) is 365 Å². The Morgan fingerprint density at radius 2 is 1.55 bits per heavy atom. The number of benzene rings is 3. The Labute approximate surface area is 294 Å². The van der Waals surface area contributed by atoms with E-state index in [-0.39, 0.29) is 39.2 Å². The van der Waals surface area contributed by atoms with Gasteiger partial charge in [-0.2, -0.15) is 26.3 Å². The van der Waals surface area contributed by atoms with E-state index in [1.54, 1.807) is 0 Å². The van der Waals surface area contributed by atoms with Gasteiger partial charge in [-0.1, -0.05) is 5.04 Å². The first-order valence-corrected chi connectivity index (χ1v) is 19.4. The van der Waals surface area contributed by atoms with Crippen LogP contribution in [0.15, 0.2) is 83.7 Å². The van der Waals surface area contributed by atoms with Crippen molar-refractivity contribution in [3.8, 4) is 0 Å². The molecule has 0 heterocycles. The second-order valence-corrected chi connectivity index (χ2v) is 15.6. The van der Waals surface area contributed by atoms with Crippen LogP contribution < -0.4 is 11.5 Å². The van der Waals surface area contributed by atoms with E-state index in [2.05, 4.69) is 34.0 Å². The molecule has 51 heavy (non-hydrogen) atoms. The molecule has 0 amide bonds. The van der Waals surface area contributed by atoms with Gasteiger partial charge in [0.2, 0.25) is 0 Å². The number of rotatable bonds is 19. The molecule has 0 bridgehead atoms. The smallest absolute Gasteiger partial charge is 0.397 e. The normalized spacial score (nSPS) is 13.2. The second-order valence-electron chi connectivity index (χ2n) is 9.12. The highest BCUT2D eigenvalue weighted by molar-refractivity contribution is 7.94. The van der Waals surface area contributed by atoms with Gasteiger partial charge in [-0.05, 0) is 48.5 Å². The van der Waals surface area contributed by atoms with Gasteiger partial charge < -0.3 is 16.6 Å². The fraction of sp³-hybridized carbons (Fsp3) is 0.174. The summed E-state index contributed by atoms with van der Waals surface area (Å²) in [6, 6.07) is 8.80. The van der Waals surface area contributed by atoms with Crippen LogP contribution in [0.4, 0.5) is 34.1 Å². The van der Waals surface area contributed by atoms with Gasteiger partial charge >= 0.3 is 16.4 Å². The molecule has 0 aliphatic rings. The number of nitrogen functional groups attached to an aromatic ring is 2. The van der Waals surface area contributed by atoms with Crippen LogP contribution >= 0.6 is 12.0 Å². The van der Waals surface area contributed by atoms with Crippen LogP contribution in [0.25, 0.3) is 0 Å². The van der Waals surface area contributed by atoms with Gasteiger partial charge in [-0.3, -0.25) is 9.11 Å². The number of azo groups is 2. The summed E-state index contributed by atoms with van der Waals surface area (Å²) < 4.78 is 113. The fourth-order valence-electron chi connectivity index (χ4n) is 3.49. The lowest BCUT2D eigenvalue weighted by Crippen LogP contribution is -2.15. The first-order chi connectivity index (χ1) is 23.8. The Balaban J connectivity index is 1.87. The van der Waals surface area contributed by atoms with Crippen LogP contribution in [0.3, 0.4) is 0 Å². The van der Waals surface area contributed by atoms with Gasteiger partial charge in [0.15, 0.2) is 20.9 Å². The average molecular weight is 817 g/mol. The third kappa shape index (κ3) is 12.6.